The molecular formula is C9H18F2O5. The normalized spacial score (nSPS) is 14.1. The van der Waals surface area contributed by atoms with Crippen molar-refractivity contribution in [2.45, 2.75) is 45.3 Å². The molecule has 98 valence electrons. The Hall–Kier alpha value is -0.340. The number of halogens is 2. The molecular weight excluding hydrogens is 226 g/mol. The lowest BCUT2D eigenvalue weighted by atomic mass is 10.1. The average molecular weight is 244 g/mol. The second kappa shape index (κ2) is 8.77. The van der Waals surface area contributed by atoms with Gasteiger partial charge >= 0.3 is 0 Å². The third kappa shape index (κ3) is 8.93. The Kier molecular flexibility index (Phi) is 8.58. The van der Waals surface area contributed by atoms with Gasteiger partial charge in [-0.3, -0.25) is 0 Å². The molecule has 1 atom stereocenters. The molecule has 0 fully saturated rings. The zero-order chi connectivity index (χ0) is 12.4. The summed E-state index contributed by atoms with van der Waals surface area (Å²) < 4.78 is 27.9. The summed E-state index contributed by atoms with van der Waals surface area (Å²) in [6.45, 7) is 5.74. The van der Waals surface area contributed by atoms with Crippen LogP contribution in [-0.2, 0) is 24.7 Å². The van der Waals surface area contributed by atoms with Gasteiger partial charge < -0.3 is 4.74 Å². The van der Waals surface area contributed by atoms with E-state index in [1.807, 2.05) is 0 Å². The highest BCUT2D eigenvalue weighted by atomic mass is 19.3. The zero-order valence-electron chi connectivity index (χ0n) is 9.70. The third-order valence-electron chi connectivity index (χ3n) is 1.97. The van der Waals surface area contributed by atoms with Crippen molar-refractivity contribution in [1.29, 1.82) is 0 Å². The molecule has 0 saturated heterocycles. The Morgan fingerprint density at radius 3 is 2.38 bits per heavy atom. The highest BCUT2D eigenvalue weighted by molar-refractivity contribution is 4.65. The minimum atomic E-state index is -0.751. The van der Waals surface area contributed by atoms with E-state index in [1.54, 1.807) is 20.8 Å². The number of hydrogen-bond acceptors (Lipinski definition) is 5. The van der Waals surface area contributed by atoms with Gasteiger partial charge in [0.15, 0.2) is 0 Å². The second-order valence-corrected chi connectivity index (χ2v) is 4.03. The Morgan fingerprint density at radius 1 is 1.12 bits per heavy atom. The fourth-order valence-corrected chi connectivity index (χ4v) is 0.906. The van der Waals surface area contributed by atoms with E-state index >= 15 is 0 Å². The van der Waals surface area contributed by atoms with E-state index in [0.717, 1.165) is 0 Å². The number of ether oxygens (including phenoxy) is 1. The maximum absolute atomic E-state index is 11.4. The summed E-state index contributed by atoms with van der Waals surface area (Å²) in [5, 5.41) is 6.11. The van der Waals surface area contributed by atoms with Crippen molar-refractivity contribution >= 4 is 0 Å². The predicted molar refractivity (Wildman–Crippen MR) is 50.2 cm³/mol. The van der Waals surface area contributed by atoms with Gasteiger partial charge in [0.1, 0.15) is 5.60 Å². The highest BCUT2D eigenvalue weighted by Gasteiger charge is 2.20. The standard InChI is InChI=1S/C9H18F2O5/c1-8(13-15-10)4-6-12-7-5-9(2,3)14-16-11/h8H,4-7H2,1-3H3. The maximum atomic E-state index is 11.4. The van der Waals surface area contributed by atoms with E-state index in [-0.39, 0.29) is 6.10 Å². The smallest absolute Gasteiger partial charge is 0.104 e. The summed E-state index contributed by atoms with van der Waals surface area (Å²) in [5.74, 6) is 0. The Labute approximate surface area is 93.2 Å². The van der Waals surface area contributed by atoms with Crippen molar-refractivity contribution in [3.05, 3.63) is 0 Å². The molecule has 1 unspecified atom stereocenters. The topological polar surface area (TPSA) is 46.2 Å². The molecule has 0 radical (unpaired) electrons. The van der Waals surface area contributed by atoms with Crippen LogP contribution in [0.25, 0.3) is 0 Å². The van der Waals surface area contributed by atoms with Crippen LogP contribution in [0.5, 0.6) is 0 Å². The summed E-state index contributed by atoms with van der Waals surface area (Å²) in [5.41, 5.74) is -0.751. The van der Waals surface area contributed by atoms with E-state index in [1.165, 1.54) is 0 Å². The Morgan fingerprint density at radius 2 is 1.81 bits per heavy atom. The molecule has 0 saturated carbocycles. The van der Waals surface area contributed by atoms with E-state index in [4.69, 9.17) is 4.74 Å². The lowest BCUT2D eigenvalue weighted by Crippen LogP contribution is -2.25. The van der Waals surface area contributed by atoms with E-state index in [2.05, 4.69) is 20.0 Å². The van der Waals surface area contributed by atoms with Gasteiger partial charge in [-0.15, -0.1) is 0 Å². The van der Waals surface area contributed by atoms with Crippen molar-refractivity contribution in [2.24, 2.45) is 0 Å². The molecule has 0 aromatic rings. The summed E-state index contributed by atoms with van der Waals surface area (Å²) in [6, 6.07) is 0. The Bertz CT molecular complexity index is 168. The number of rotatable bonds is 10. The van der Waals surface area contributed by atoms with Crippen LogP contribution in [0.15, 0.2) is 0 Å². The molecule has 0 aliphatic carbocycles. The lowest BCUT2D eigenvalue weighted by molar-refractivity contribution is -0.469. The first kappa shape index (κ1) is 15.7. The van der Waals surface area contributed by atoms with Crippen molar-refractivity contribution in [3.8, 4) is 0 Å². The van der Waals surface area contributed by atoms with Crippen LogP contribution in [0.2, 0.25) is 0 Å². The van der Waals surface area contributed by atoms with Crippen LogP contribution in [0.1, 0.15) is 33.6 Å². The summed E-state index contributed by atoms with van der Waals surface area (Å²) >= 11 is 0. The van der Waals surface area contributed by atoms with Crippen LogP contribution in [0, 0.1) is 0 Å². The molecule has 7 heteroatoms. The van der Waals surface area contributed by atoms with Crippen LogP contribution >= 0.6 is 0 Å². The molecule has 0 heterocycles. The van der Waals surface area contributed by atoms with Crippen LogP contribution in [0.4, 0.5) is 9.05 Å². The second-order valence-electron chi connectivity index (χ2n) is 4.03. The zero-order valence-corrected chi connectivity index (χ0v) is 9.70. The Balaban J connectivity index is 3.39. The van der Waals surface area contributed by atoms with Gasteiger partial charge in [-0.05, 0) is 46.4 Å². The van der Waals surface area contributed by atoms with Crippen molar-refractivity contribution in [1.82, 2.24) is 0 Å². The average Bonchev–Trinajstić information content (AvgIpc) is 2.17. The predicted octanol–water partition coefficient (Wildman–Crippen LogP) is 2.62. The highest BCUT2D eigenvalue weighted by Crippen LogP contribution is 2.15. The van der Waals surface area contributed by atoms with E-state index in [0.29, 0.717) is 26.1 Å². The van der Waals surface area contributed by atoms with Gasteiger partial charge in [0.2, 0.25) is 0 Å². The SMILES string of the molecule is CC(CCOCCC(C)(C)OOF)OOF. The summed E-state index contributed by atoms with van der Waals surface area (Å²) in [7, 11) is 0. The largest absolute Gasteiger partial charge is 0.381 e. The van der Waals surface area contributed by atoms with Crippen molar-refractivity contribution < 1.29 is 33.7 Å². The molecule has 0 rings (SSSR count). The fourth-order valence-electron chi connectivity index (χ4n) is 0.906. The molecule has 0 N–H and O–H groups in total. The summed E-state index contributed by atoms with van der Waals surface area (Å²) in [6.07, 6.45) is 0.569. The van der Waals surface area contributed by atoms with Crippen LogP contribution in [-0.4, -0.2) is 24.9 Å². The van der Waals surface area contributed by atoms with Crippen molar-refractivity contribution in [2.75, 3.05) is 13.2 Å². The molecule has 0 bridgehead atoms. The molecule has 0 spiro atoms. The summed E-state index contributed by atoms with van der Waals surface area (Å²) in [4.78, 5) is 8.54. The monoisotopic (exact) mass is 244 g/mol. The minimum Gasteiger partial charge on any atom is -0.381 e. The van der Waals surface area contributed by atoms with Crippen LogP contribution < -0.4 is 0 Å². The van der Waals surface area contributed by atoms with Gasteiger partial charge in [0.25, 0.3) is 0 Å². The first-order valence-corrected chi connectivity index (χ1v) is 5.00. The lowest BCUT2D eigenvalue weighted by Gasteiger charge is -2.20. The minimum absolute atomic E-state index is 0.375. The van der Waals surface area contributed by atoms with Gasteiger partial charge in [0.05, 0.1) is 6.10 Å². The molecule has 0 amide bonds. The van der Waals surface area contributed by atoms with Crippen LogP contribution in [0.3, 0.4) is 0 Å². The molecule has 0 aromatic carbocycles. The molecule has 5 nitrogen and oxygen atoms in total. The number of hydrogen-bond donors (Lipinski definition) is 0. The van der Waals surface area contributed by atoms with Gasteiger partial charge in [-0.2, -0.15) is 9.78 Å². The fraction of sp³-hybridized carbons (Fsp3) is 1.00. The molecule has 16 heavy (non-hydrogen) atoms. The first-order valence-electron chi connectivity index (χ1n) is 5.00. The van der Waals surface area contributed by atoms with E-state index < -0.39 is 5.60 Å². The quantitative estimate of drug-likeness (QED) is 0.336. The molecule has 0 aliphatic heterocycles. The van der Waals surface area contributed by atoms with Crippen molar-refractivity contribution in [3.63, 3.8) is 0 Å². The maximum Gasteiger partial charge on any atom is 0.104 e. The third-order valence-corrected chi connectivity index (χ3v) is 1.97. The first-order chi connectivity index (χ1) is 7.52. The van der Waals surface area contributed by atoms with E-state index in [9.17, 15) is 9.05 Å². The van der Waals surface area contributed by atoms with Gasteiger partial charge in [0, 0.05) is 19.6 Å². The molecule has 0 aromatic heterocycles. The van der Waals surface area contributed by atoms with Gasteiger partial charge in [-0.25, -0.2) is 0 Å². The molecule has 0 aliphatic rings. The van der Waals surface area contributed by atoms with Gasteiger partial charge in [-0.1, -0.05) is 0 Å².